The van der Waals surface area contributed by atoms with E-state index in [-0.39, 0.29) is 25.4 Å². The number of nitrogens with two attached hydrogens (primary N) is 1. The van der Waals surface area contributed by atoms with E-state index in [1.54, 1.807) is 52.0 Å². The van der Waals surface area contributed by atoms with Gasteiger partial charge in [0.1, 0.15) is 11.7 Å². The van der Waals surface area contributed by atoms with E-state index in [1.807, 2.05) is 0 Å². The fourth-order valence-electron chi connectivity index (χ4n) is 3.40. The highest BCUT2D eigenvalue weighted by atomic mass is 16.5. The van der Waals surface area contributed by atoms with Crippen LogP contribution in [-0.2, 0) is 23.9 Å². The molecule has 1 aromatic rings. The summed E-state index contributed by atoms with van der Waals surface area (Å²) in [5.74, 6) is -2.94. The molecular formula is C21H26N2O6. The Morgan fingerprint density at radius 1 is 1.07 bits per heavy atom. The van der Waals surface area contributed by atoms with Crippen molar-refractivity contribution in [2.45, 2.75) is 33.6 Å². The first-order chi connectivity index (χ1) is 13.8. The number of carbonyl (C=O) groups excluding carboxylic acids is 3. The lowest BCUT2D eigenvalue weighted by Crippen LogP contribution is -2.37. The number of carbonyl (C=O) groups is 3. The van der Waals surface area contributed by atoms with Crippen molar-refractivity contribution in [3.63, 3.8) is 0 Å². The summed E-state index contributed by atoms with van der Waals surface area (Å²) in [6.07, 6.45) is 0. The summed E-state index contributed by atoms with van der Waals surface area (Å²) in [6, 6.07) is 6.87. The largest absolute Gasteiger partial charge is 0.483 e. The van der Waals surface area contributed by atoms with E-state index in [4.69, 9.17) is 19.9 Å². The predicted octanol–water partition coefficient (Wildman–Crippen LogP) is 2.13. The van der Waals surface area contributed by atoms with Gasteiger partial charge in [0, 0.05) is 22.9 Å². The predicted molar refractivity (Wildman–Crippen MR) is 106 cm³/mol. The van der Waals surface area contributed by atoms with Crippen molar-refractivity contribution in [1.29, 1.82) is 0 Å². The van der Waals surface area contributed by atoms with E-state index >= 15 is 0 Å². The third kappa shape index (κ3) is 5.01. The van der Waals surface area contributed by atoms with Gasteiger partial charge in [0.2, 0.25) is 0 Å². The molecule has 8 heteroatoms. The summed E-state index contributed by atoms with van der Waals surface area (Å²) in [6.45, 7) is 6.84. The van der Waals surface area contributed by atoms with Crippen LogP contribution in [0, 0.1) is 5.92 Å². The van der Waals surface area contributed by atoms with Crippen LogP contribution in [0.15, 0.2) is 40.5 Å². The molecule has 2 N–H and O–H groups in total. The molecule has 2 rings (SSSR count). The van der Waals surface area contributed by atoms with Crippen LogP contribution < -0.4 is 10.5 Å². The molecule has 0 spiro atoms. The number of ether oxygens (including phenoxy) is 3. The molecule has 1 heterocycles. The van der Waals surface area contributed by atoms with Crippen LogP contribution in [0.5, 0.6) is 5.75 Å². The average molecular weight is 402 g/mol. The van der Waals surface area contributed by atoms with E-state index in [1.165, 1.54) is 0 Å². The fraction of sp³-hybridized carbons (Fsp3) is 0.429. The van der Waals surface area contributed by atoms with Gasteiger partial charge in [-0.15, -0.1) is 0 Å². The first-order valence-corrected chi connectivity index (χ1v) is 9.41. The molecule has 1 aliphatic rings. The van der Waals surface area contributed by atoms with Crippen LogP contribution in [0.2, 0.25) is 0 Å². The summed E-state index contributed by atoms with van der Waals surface area (Å²) in [4.78, 5) is 41.2. The molecule has 1 aromatic carbocycles. The number of benzene rings is 1. The number of primary amides is 1. The van der Waals surface area contributed by atoms with Gasteiger partial charge >= 0.3 is 11.9 Å². The maximum Gasteiger partial charge on any atom is 0.336 e. The Kier molecular flexibility index (Phi) is 7.52. The van der Waals surface area contributed by atoms with Crippen molar-refractivity contribution < 1.29 is 28.6 Å². The SMILES string of the molecule is CCOC(=O)C1=C(C)N=C(C)C(C(=O)OCC)[C@@H]1c1ccccc1OCC(N)=O. The van der Waals surface area contributed by atoms with Gasteiger partial charge in [0.15, 0.2) is 6.61 Å². The van der Waals surface area contributed by atoms with Crippen LogP contribution >= 0.6 is 0 Å². The molecule has 0 fully saturated rings. The molecule has 2 atom stereocenters. The van der Waals surface area contributed by atoms with Gasteiger partial charge in [-0.1, -0.05) is 18.2 Å². The Labute approximate surface area is 169 Å². The quantitative estimate of drug-likeness (QED) is 0.666. The summed E-state index contributed by atoms with van der Waals surface area (Å²) < 4.78 is 16.0. The standard InChI is InChI=1S/C21H26N2O6/c1-5-27-20(25)17-12(3)23-13(4)18(21(26)28-6-2)19(17)14-9-7-8-10-15(14)29-11-16(22)24/h7-10,17,19H,5-6,11H2,1-4H3,(H2,22,24)/t17?,19-/m0/s1. The number of hydrogen-bond acceptors (Lipinski definition) is 7. The highest BCUT2D eigenvalue weighted by Gasteiger charge is 2.43. The summed E-state index contributed by atoms with van der Waals surface area (Å²) in [5.41, 5.74) is 6.97. The lowest BCUT2D eigenvalue weighted by atomic mass is 9.75. The van der Waals surface area contributed by atoms with Crippen molar-refractivity contribution in [1.82, 2.24) is 0 Å². The number of amides is 1. The number of rotatable bonds is 8. The van der Waals surface area contributed by atoms with E-state index in [2.05, 4.69) is 4.99 Å². The Balaban J connectivity index is 2.65. The number of aliphatic imine (C=N–C) groups is 1. The lowest BCUT2D eigenvalue weighted by molar-refractivity contribution is -0.146. The van der Waals surface area contributed by atoms with Gasteiger partial charge in [0.25, 0.3) is 5.91 Å². The third-order valence-corrected chi connectivity index (χ3v) is 4.49. The maximum atomic E-state index is 12.8. The monoisotopic (exact) mass is 402 g/mol. The van der Waals surface area contributed by atoms with Crippen LogP contribution in [0.1, 0.15) is 39.2 Å². The average Bonchev–Trinajstić information content (AvgIpc) is 2.66. The molecule has 8 nitrogen and oxygen atoms in total. The molecule has 0 aromatic heterocycles. The first kappa shape index (κ1) is 22.1. The Bertz CT molecular complexity index is 858. The molecule has 1 unspecified atom stereocenters. The fourth-order valence-corrected chi connectivity index (χ4v) is 3.40. The Morgan fingerprint density at radius 2 is 1.72 bits per heavy atom. The normalized spacial score (nSPS) is 18.7. The van der Waals surface area contributed by atoms with Gasteiger partial charge in [0.05, 0.1) is 18.8 Å². The van der Waals surface area contributed by atoms with Crippen molar-refractivity contribution in [2.75, 3.05) is 19.8 Å². The van der Waals surface area contributed by atoms with Crippen molar-refractivity contribution in [3.05, 3.63) is 41.1 Å². The van der Waals surface area contributed by atoms with E-state index in [0.717, 1.165) is 0 Å². The molecule has 0 radical (unpaired) electrons. The van der Waals surface area contributed by atoms with Crippen LogP contribution in [0.3, 0.4) is 0 Å². The van der Waals surface area contributed by atoms with Gasteiger partial charge in [-0.3, -0.25) is 14.6 Å². The summed E-state index contributed by atoms with van der Waals surface area (Å²) in [5, 5.41) is 0. The second-order valence-corrected chi connectivity index (χ2v) is 6.47. The van der Waals surface area contributed by atoms with E-state index in [0.29, 0.717) is 22.7 Å². The number of esters is 2. The number of para-hydroxylation sites is 1. The summed E-state index contributed by atoms with van der Waals surface area (Å²) in [7, 11) is 0. The molecule has 1 aliphatic heterocycles. The maximum absolute atomic E-state index is 12.8. The van der Waals surface area contributed by atoms with Crippen LogP contribution in [0.4, 0.5) is 0 Å². The van der Waals surface area contributed by atoms with E-state index in [9.17, 15) is 14.4 Å². The van der Waals surface area contributed by atoms with Gasteiger partial charge in [-0.2, -0.15) is 0 Å². The molecule has 29 heavy (non-hydrogen) atoms. The van der Waals surface area contributed by atoms with Crippen molar-refractivity contribution in [2.24, 2.45) is 16.6 Å². The number of nitrogens with zero attached hydrogens (tertiary/aromatic N) is 1. The molecule has 0 bridgehead atoms. The Morgan fingerprint density at radius 3 is 2.34 bits per heavy atom. The summed E-state index contributed by atoms with van der Waals surface area (Å²) >= 11 is 0. The highest BCUT2D eigenvalue weighted by molar-refractivity contribution is 6.07. The molecule has 0 aliphatic carbocycles. The number of allylic oxidation sites excluding steroid dienone is 1. The molecular weight excluding hydrogens is 376 g/mol. The topological polar surface area (TPSA) is 117 Å². The second-order valence-electron chi connectivity index (χ2n) is 6.47. The zero-order chi connectivity index (χ0) is 21.6. The zero-order valence-electron chi connectivity index (χ0n) is 17.1. The first-order valence-electron chi connectivity index (χ1n) is 9.41. The minimum absolute atomic E-state index is 0.176. The lowest BCUT2D eigenvalue weighted by Gasteiger charge is -2.32. The van der Waals surface area contributed by atoms with Crippen molar-refractivity contribution in [3.8, 4) is 5.75 Å². The second kappa shape index (κ2) is 9.86. The van der Waals surface area contributed by atoms with Crippen LogP contribution in [0.25, 0.3) is 0 Å². The number of hydrogen-bond donors (Lipinski definition) is 1. The zero-order valence-corrected chi connectivity index (χ0v) is 17.1. The van der Waals surface area contributed by atoms with E-state index < -0.39 is 29.7 Å². The smallest absolute Gasteiger partial charge is 0.336 e. The third-order valence-electron chi connectivity index (χ3n) is 4.49. The minimum atomic E-state index is -0.837. The molecule has 156 valence electrons. The van der Waals surface area contributed by atoms with Gasteiger partial charge in [-0.05, 0) is 33.8 Å². The molecule has 0 saturated heterocycles. The van der Waals surface area contributed by atoms with Gasteiger partial charge in [-0.25, -0.2) is 4.79 Å². The van der Waals surface area contributed by atoms with Gasteiger partial charge < -0.3 is 19.9 Å². The minimum Gasteiger partial charge on any atom is -0.483 e. The molecule has 1 amide bonds. The van der Waals surface area contributed by atoms with Crippen LogP contribution in [-0.4, -0.2) is 43.4 Å². The highest BCUT2D eigenvalue weighted by Crippen LogP contribution is 2.43. The van der Waals surface area contributed by atoms with Crippen molar-refractivity contribution >= 4 is 23.6 Å². The Hall–Kier alpha value is -3.16. The molecule has 0 saturated carbocycles.